The van der Waals surface area contributed by atoms with Gasteiger partial charge >= 0.3 is 0 Å². The maximum absolute atomic E-state index is 12.6. The van der Waals surface area contributed by atoms with Crippen molar-refractivity contribution in [1.29, 1.82) is 0 Å². The average Bonchev–Trinajstić information content (AvgIpc) is 2.53. The van der Waals surface area contributed by atoms with Gasteiger partial charge in [0.1, 0.15) is 5.69 Å². The molecule has 0 unspecified atom stereocenters. The van der Waals surface area contributed by atoms with Crippen LogP contribution in [0.4, 0.5) is 5.69 Å². The number of rotatable bonds is 3. The number of para-hydroxylation sites is 1. The number of aromatic nitrogens is 2. The van der Waals surface area contributed by atoms with E-state index in [0.29, 0.717) is 16.8 Å². The van der Waals surface area contributed by atoms with E-state index in [4.69, 9.17) is 11.6 Å². The van der Waals surface area contributed by atoms with Gasteiger partial charge in [0.15, 0.2) is 0 Å². The molecule has 1 heterocycles. The summed E-state index contributed by atoms with van der Waals surface area (Å²) in [5.41, 5.74) is 1.01. The fourth-order valence-electron chi connectivity index (χ4n) is 2.77. The van der Waals surface area contributed by atoms with Gasteiger partial charge in [0, 0.05) is 6.04 Å². The fraction of sp³-hybridized carbons (Fsp3) is 0.375. The monoisotopic (exact) mass is 303 g/mol. The molecule has 5 heteroatoms. The average molecular weight is 304 g/mol. The van der Waals surface area contributed by atoms with E-state index in [2.05, 4.69) is 10.4 Å². The van der Waals surface area contributed by atoms with Crippen LogP contribution >= 0.6 is 11.6 Å². The summed E-state index contributed by atoms with van der Waals surface area (Å²) in [6, 6.07) is 9.71. The molecule has 0 spiro atoms. The van der Waals surface area contributed by atoms with Gasteiger partial charge in [-0.25, -0.2) is 0 Å². The Balaban J connectivity index is 1.95. The molecule has 1 N–H and O–H groups in total. The number of anilines is 1. The lowest BCUT2D eigenvalue weighted by atomic mass is 9.95. The van der Waals surface area contributed by atoms with Crippen molar-refractivity contribution in [3.05, 3.63) is 51.9 Å². The van der Waals surface area contributed by atoms with Gasteiger partial charge in [0.25, 0.3) is 5.56 Å². The quantitative estimate of drug-likeness (QED) is 0.942. The molecule has 1 saturated carbocycles. The van der Waals surface area contributed by atoms with Crippen molar-refractivity contribution in [3.63, 3.8) is 0 Å². The van der Waals surface area contributed by atoms with Gasteiger partial charge in [-0.15, -0.1) is 0 Å². The van der Waals surface area contributed by atoms with Crippen LogP contribution in [0.2, 0.25) is 5.02 Å². The first-order valence-corrected chi connectivity index (χ1v) is 7.73. The Morgan fingerprint density at radius 2 is 1.86 bits per heavy atom. The number of nitrogens with one attached hydrogen (secondary N) is 1. The summed E-state index contributed by atoms with van der Waals surface area (Å²) in [5, 5.41) is 7.84. The summed E-state index contributed by atoms with van der Waals surface area (Å²) in [5.74, 6) is 0. The molecular weight excluding hydrogens is 286 g/mol. The van der Waals surface area contributed by atoms with Crippen molar-refractivity contribution in [3.8, 4) is 5.69 Å². The predicted octanol–water partition coefficient (Wildman–Crippen LogP) is 3.63. The molecule has 0 radical (unpaired) electrons. The second-order valence-electron chi connectivity index (χ2n) is 5.40. The maximum atomic E-state index is 12.6. The summed E-state index contributed by atoms with van der Waals surface area (Å²) in [7, 11) is 0. The Hall–Kier alpha value is -1.81. The highest BCUT2D eigenvalue weighted by Gasteiger charge is 2.18. The highest BCUT2D eigenvalue weighted by molar-refractivity contribution is 6.33. The van der Waals surface area contributed by atoms with Crippen molar-refractivity contribution in [2.45, 2.75) is 38.1 Å². The summed E-state index contributed by atoms with van der Waals surface area (Å²) >= 11 is 6.17. The standard InChI is InChI=1S/C16H18ClN3O/c17-14-11-18-20(13-9-5-2-6-10-13)16(21)15(14)19-12-7-3-1-4-8-12/h2,5-6,9-12,19H,1,3-4,7-8H2. The molecule has 0 amide bonds. The topological polar surface area (TPSA) is 46.9 Å². The Morgan fingerprint density at radius 3 is 2.57 bits per heavy atom. The van der Waals surface area contributed by atoms with Gasteiger partial charge < -0.3 is 5.32 Å². The van der Waals surface area contributed by atoms with E-state index in [-0.39, 0.29) is 5.56 Å². The van der Waals surface area contributed by atoms with Crippen molar-refractivity contribution in [2.24, 2.45) is 0 Å². The number of halogens is 1. The summed E-state index contributed by atoms with van der Waals surface area (Å²) in [6.07, 6.45) is 7.38. The Bertz CT molecular complexity index is 663. The Kier molecular flexibility index (Phi) is 4.25. The van der Waals surface area contributed by atoms with Crippen LogP contribution in [-0.4, -0.2) is 15.8 Å². The molecule has 0 aliphatic heterocycles. The molecule has 4 nitrogen and oxygen atoms in total. The van der Waals surface area contributed by atoms with Crippen molar-refractivity contribution >= 4 is 17.3 Å². The molecule has 21 heavy (non-hydrogen) atoms. The van der Waals surface area contributed by atoms with E-state index in [1.807, 2.05) is 30.3 Å². The first-order valence-electron chi connectivity index (χ1n) is 7.35. The molecular formula is C16H18ClN3O. The lowest BCUT2D eigenvalue weighted by Gasteiger charge is -2.24. The SMILES string of the molecule is O=c1c(NC2CCCCC2)c(Cl)cnn1-c1ccccc1. The van der Waals surface area contributed by atoms with Crippen LogP contribution in [-0.2, 0) is 0 Å². The number of benzene rings is 1. The third-order valence-electron chi connectivity index (χ3n) is 3.89. The molecule has 1 fully saturated rings. The van der Waals surface area contributed by atoms with Crippen molar-refractivity contribution < 1.29 is 0 Å². The van der Waals surface area contributed by atoms with E-state index in [1.165, 1.54) is 30.1 Å². The van der Waals surface area contributed by atoms with Crippen LogP contribution in [0, 0.1) is 0 Å². The van der Waals surface area contributed by atoms with E-state index in [1.54, 1.807) is 0 Å². The van der Waals surface area contributed by atoms with Crippen LogP contribution in [0.25, 0.3) is 5.69 Å². The molecule has 0 bridgehead atoms. The second-order valence-corrected chi connectivity index (χ2v) is 5.81. The molecule has 1 aromatic heterocycles. The van der Waals surface area contributed by atoms with E-state index < -0.39 is 0 Å². The zero-order valence-corrected chi connectivity index (χ0v) is 12.5. The smallest absolute Gasteiger partial charge is 0.296 e. The third-order valence-corrected chi connectivity index (χ3v) is 4.17. The van der Waals surface area contributed by atoms with Gasteiger partial charge in [-0.3, -0.25) is 4.79 Å². The largest absolute Gasteiger partial charge is 0.377 e. The summed E-state index contributed by atoms with van der Waals surface area (Å²) in [4.78, 5) is 12.6. The van der Waals surface area contributed by atoms with Crippen LogP contribution in [0.3, 0.4) is 0 Å². The molecule has 0 saturated heterocycles. The van der Waals surface area contributed by atoms with Gasteiger partial charge in [0.05, 0.1) is 16.9 Å². The Labute approximate surface area is 128 Å². The van der Waals surface area contributed by atoms with Gasteiger partial charge in [-0.05, 0) is 25.0 Å². The minimum absolute atomic E-state index is 0.195. The predicted molar refractivity (Wildman–Crippen MR) is 85.3 cm³/mol. The van der Waals surface area contributed by atoms with Gasteiger partial charge in [0.2, 0.25) is 0 Å². The molecule has 1 aromatic carbocycles. The van der Waals surface area contributed by atoms with Gasteiger partial charge in [-0.2, -0.15) is 9.78 Å². The number of nitrogens with zero attached hydrogens (tertiary/aromatic N) is 2. The minimum Gasteiger partial charge on any atom is -0.377 e. The molecule has 110 valence electrons. The normalized spacial score (nSPS) is 15.9. The van der Waals surface area contributed by atoms with Crippen LogP contribution in [0.1, 0.15) is 32.1 Å². The maximum Gasteiger partial charge on any atom is 0.296 e. The van der Waals surface area contributed by atoms with Crippen LogP contribution in [0.15, 0.2) is 41.3 Å². The molecule has 1 aliphatic rings. The molecule has 2 aromatic rings. The Morgan fingerprint density at radius 1 is 1.14 bits per heavy atom. The van der Waals surface area contributed by atoms with Gasteiger partial charge in [-0.1, -0.05) is 49.1 Å². The second kappa shape index (κ2) is 6.31. The molecule has 0 atom stereocenters. The van der Waals surface area contributed by atoms with Crippen molar-refractivity contribution in [1.82, 2.24) is 9.78 Å². The van der Waals surface area contributed by atoms with Crippen LogP contribution in [0.5, 0.6) is 0 Å². The summed E-state index contributed by atoms with van der Waals surface area (Å²) < 4.78 is 1.39. The van der Waals surface area contributed by atoms with E-state index >= 15 is 0 Å². The lowest BCUT2D eigenvalue weighted by Crippen LogP contribution is -2.30. The van der Waals surface area contributed by atoms with E-state index in [9.17, 15) is 4.79 Å². The number of hydrogen-bond acceptors (Lipinski definition) is 3. The zero-order valence-electron chi connectivity index (χ0n) is 11.8. The number of hydrogen-bond donors (Lipinski definition) is 1. The third kappa shape index (κ3) is 3.10. The van der Waals surface area contributed by atoms with E-state index in [0.717, 1.165) is 18.5 Å². The zero-order chi connectivity index (χ0) is 14.7. The highest BCUT2D eigenvalue weighted by atomic mass is 35.5. The van der Waals surface area contributed by atoms with Crippen LogP contribution < -0.4 is 10.9 Å². The minimum atomic E-state index is -0.195. The highest BCUT2D eigenvalue weighted by Crippen LogP contribution is 2.23. The summed E-state index contributed by atoms with van der Waals surface area (Å²) in [6.45, 7) is 0. The lowest BCUT2D eigenvalue weighted by molar-refractivity contribution is 0.462. The first kappa shape index (κ1) is 14.1. The molecule has 1 aliphatic carbocycles. The first-order chi connectivity index (χ1) is 10.3. The fourth-order valence-corrected chi connectivity index (χ4v) is 2.95. The van der Waals surface area contributed by atoms with Crippen molar-refractivity contribution in [2.75, 3.05) is 5.32 Å². The molecule has 3 rings (SSSR count).